The smallest absolute Gasteiger partial charge is 0.104 e. The van der Waals surface area contributed by atoms with Gasteiger partial charge in [0.05, 0.1) is 71.6 Å². The van der Waals surface area contributed by atoms with Crippen LogP contribution in [-0.4, -0.2) is 18.3 Å². The van der Waals surface area contributed by atoms with Gasteiger partial charge in [-0.3, -0.25) is 0 Å². The van der Waals surface area contributed by atoms with Crippen molar-refractivity contribution in [2.24, 2.45) is 0 Å². The molecule has 5 aromatic heterocycles. The largest absolute Gasteiger partial charge is 0.306 e. The highest BCUT2D eigenvalue weighted by molar-refractivity contribution is 7.26. The highest BCUT2D eigenvalue weighted by Crippen LogP contribution is 2.52. The van der Waals surface area contributed by atoms with Crippen LogP contribution in [0, 0.1) is 22.7 Å². The lowest BCUT2D eigenvalue weighted by molar-refractivity contribution is 1.02. The molecule has 0 aliphatic rings. The van der Waals surface area contributed by atoms with E-state index in [1.807, 2.05) is 12.1 Å². The van der Waals surface area contributed by atoms with E-state index in [4.69, 9.17) is 0 Å². The highest BCUT2D eigenvalue weighted by atomic mass is 32.1. The highest BCUT2D eigenvalue weighted by Gasteiger charge is 2.35. The summed E-state index contributed by atoms with van der Waals surface area (Å²) in [4.78, 5) is 0. The number of fused-ring (bicyclic) bond motifs is 17. The Balaban J connectivity index is 1.21. The third-order valence-corrected chi connectivity index (χ3v) is 17.8. The average Bonchev–Trinajstić information content (AvgIpc) is 4.52. The molecule has 7 heteroatoms. The molecule has 0 bridgehead atoms. The molecule has 17 aromatic rings. The third-order valence-electron chi connectivity index (χ3n) is 16.6. The first kappa shape index (κ1) is 43.5. The molecule has 5 heterocycles. The Morgan fingerprint density at radius 2 is 0.658 bits per heavy atom. The van der Waals surface area contributed by atoms with Crippen molar-refractivity contribution in [3.63, 3.8) is 0 Å². The Labute approximate surface area is 455 Å². The minimum atomic E-state index is 0.373. The molecule has 0 radical (unpaired) electrons. The van der Waals surface area contributed by atoms with Gasteiger partial charge in [0.25, 0.3) is 0 Å². The maximum absolute atomic E-state index is 12.7. The summed E-state index contributed by atoms with van der Waals surface area (Å²) in [5, 5.41) is 38.4. The van der Waals surface area contributed by atoms with E-state index in [-0.39, 0.29) is 0 Å². The quantitative estimate of drug-likeness (QED) is 0.172. The number of nitrogens with zero attached hydrogens (tertiary/aromatic N) is 6. The minimum absolute atomic E-state index is 0.373. The van der Waals surface area contributed by atoms with E-state index < -0.39 is 0 Å². The van der Waals surface area contributed by atoms with Gasteiger partial charge in [-0.2, -0.15) is 10.5 Å². The molecule has 364 valence electrons. The Hall–Kier alpha value is -10.7. The molecule has 0 saturated heterocycles. The number of para-hydroxylation sites is 6. The number of nitriles is 2. The predicted octanol–water partition coefficient (Wildman–Crippen LogP) is 19.0. The van der Waals surface area contributed by atoms with Gasteiger partial charge in [0.15, 0.2) is 0 Å². The summed E-state index contributed by atoms with van der Waals surface area (Å²) in [6, 6.07) is 92.0. The van der Waals surface area contributed by atoms with E-state index in [0.717, 1.165) is 125 Å². The van der Waals surface area contributed by atoms with Crippen molar-refractivity contribution in [1.29, 1.82) is 10.5 Å². The summed E-state index contributed by atoms with van der Waals surface area (Å²) in [5.41, 5.74) is 13.1. The van der Waals surface area contributed by atoms with Crippen LogP contribution in [-0.2, 0) is 0 Å². The second-order valence-electron chi connectivity index (χ2n) is 20.5. The number of rotatable bonds is 5. The van der Waals surface area contributed by atoms with Gasteiger partial charge < -0.3 is 18.3 Å². The summed E-state index contributed by atoms with van der Waals surface area (Å²) in [5.74, 6) is 0. The third kappa shape index (κ3) is 5.81. The standard InChI is InChI=1S/C72H40N6S/c73-41-56-67(75-58-31-10-3-22-46(58)47-23-4-11-32-59(47)75)57(42-74)69(77-62-35-14-7-26-50(62)51-27-8-15-36-63(51)77)71(68(56)76-60-33-12-5-24-48(60)49-25-6-13-34-61(49)76)78-64-37-18-30-53(45-29-17-20-43-19-1-2-21-44(43)45)66(64)55-40-39-54-52-28-9-16-38-65(52)79-72(54)70(55)78/h1-40H. The molecule has 6 nitrogen and oxygen atoms in total. The molecule has 0 spiro atoms. The molecule has 0 N–H and O–H groups in total. The van der Waals surface area contributed by atoms with Gasteiger partial charge in [-0.05, 0) is 70.4 Å². The topological polar surface area (TPSA) is 67.3 Å². The van der Waals surface area contributed by atoms with E-state index in [9.17, 15) is 10.5 Å². The molecule has 0 amide bonds. The number of hydrogen-bond acceptors (Lipinski definition) is 3. The number of hydrogen-bond donors (Lipinski definition) is 0. The summed E-state index contributed by atoms with van der Waals surface area (Å²) >= 11 is 1.79. The van der Waals surface area contributed by atoms with Crippen molar-refractivity contribution in [3.8, 4) is 46.0 Å². The Morgan fingerprint density at radius 3 is 1.16 bits per heavy atom. The number of benzene rings is 12. The van der Waals surface area contributed by atoms with E-state index in [1.54, 1.807) is 11.3 Å². The van der Waals surface area contributed by atoms with Crippen molar-refractivity contribution in [2.75, 3.05) is 0 Å². The summed E-state index contributed by atoms with van der Waals surface area (Å²) in [6.07, 6.45) is 0. The Morgan fingerprint density at radius 1 is 0.278 bits per heavy atom. The van der Waals surface area contributed by atoms with Crippen LogP contribution in [0.4, 0.5) is 0 Å². The summed E-state index contributed by atoms with van der Waals surface area (Å²) < 4.78 is 11.6. The van der Waals surface area contributed by atoms with Crippen molar-refractivity contribution in [1.82, 2.24) is 18.3 Å². The molecule has 0 atom stereocenters. The second-order valence-corrected chi connectivity index (χ2v) is 21.5. The lowest BCUT2D eigenvalue weighted by Crippen LogP contribution is -2.17. The van der Waals surface area contributed by atoms with Crippen LogP contribution in [0.1, 0.15) is 11.1 Å². The van der Waals surface area contributed by atoms with Gasteiger partial charge in [0.1, 0.15) is 23.3 Å². The van der Waals surface area contributed by atoms with Crippen LogP contribution >= 0.6 is 11.3 Å². The van der Waals surface area contributed by atoms with Crippen LogP contribution in [0.2, 0.25) is 0 Å². The molecular weight excluding hydrogens is 981 g/mol. The van der Waals surface area contributed by atoms with Crippen molar-refractivity contribution in [3.05, 3.63) is 254 Å². The molecule has 0 saturated carbocycles. The second kappa shape index (κ2) is 16.4. The van der Waals surface area contributed by atoms with Gasteiger partial charge in [-0.25, -0.2) is 0 Å². The fraction of sp³-hybridized carbons (Fsp3) is 0. The monoisotopic (exact) mass is 1020 g/mol. The van der Waals surface area contributed by atoms with Gasteiger partial charge in [0.2, 0.25) is 0 Å². The molecule has 0 fully saturated rings. The van der Waals surface area contributed by atoms with E-state index in [2.05, 4.69) is 261 Å². The Kier molecular flexibility index (Phi) is 9.04. The Bertz CT molecular complexity index is 5290. The van der Waals surface area contributed by atoms with Gasteiger partial charge >= 0.3 is 0 Å². The first-order valence-corrected chi connectivity index (χ1v) is 27.4. The van der Waals surface area contributed by atoms with Crippen LogP contribution in [0.3, 0.4) is 0 Å². The van der Waals surface area contributed by atoms with Crippen molar-refractivity contribution >= 4 is 130 Å². The minimum Gasteiger partial charge on any atom is -0.306 e. The SMILES string of the molecule is N#Cc1c(-n2c3ccccc3c3ccccc32)c(C#N)c(-n2c3ccccc3c3ccccc32)c(-n2c3cccc(-c4cccc5ccccc45)c3c3ccc4c5ccccc5sc4c32)c1-n1c2ccccc2c2ccccc21. The summed E-state index contributed by atoms with van der Waals surface area (Å²) in [7, 11) is 0. The average molecular weight is 1020 g/mol. The molecule has 79 heavy (non-hydrogen) atoms. The van der Waals surface area contributed by atoms with Crippen LogP contribution in [0.5, 0.6) is 0 Å². The van der Waals surface area contributed by atoms with Crippen molar-refractivity contribution < 1.29 is 0 Å². The van der Waals surface area contributed by atoms with Crippen LogP contribution in [0.15, 0.2) is 243 Å². The normalized spacial score (nSPS) is 12.0. The van der Waals surface area contributed by atoms with E-state index in [1.165, 1.54) is 10.1 Å². The maximum Gasteiger partial charge on any atom is 0.104 e. The predicted molar refractivity (Wildman–Crippen MR) is 329 cm³/mol. The van der Waals surface area contributed by atoms with E-state index in [0.29, 0.717) is 28.2 Å². The molecule has 17 rings (SSSR count). The molecule has 0 aliphatic carbocycles. The zero-order valence-electron chi connectivity index (χ0n) is 42.2. The fourth-order valence-electron chi connectivity index (χ4n) is 13.5. The zero-order valence-corrected chi connectivity index (χ0v) is 43.0. The zero-order chi connectivity index (χ0) is 52.0. The fourth-order valence-corrected chi connectivity index (χ4v) is 14.8. The number of thiophene rings is 1. The van der Waals surface area contributed by atoms with Gasteiger partial charge in [0, 0.05) is 58.6 Å². The van der Waals surface area contributed by atoms with E-state index >= 15 is 0 Å². The van der Waals surface area contributed by atoms with Gasteiger partial charge in [-0.1, -0.05) is 194 Å². The first-order chi connectivity index (χ1) is 39.2. The van der Waals surface area contributed by atoms with Gasteiger partial charge in [-0.15, -0.1) is 11.3 Å². The molecule has 0 unspecified atom stereocenters. The van der Waals surface area contributed by atoms with Crippen LogP contribution < -0.4 is 0 Å². The van der Waals surface area contributed by atoms with Crippen molar-refractivity contribution in [2.45, 2.75) is 0 Å². The molecular formula is C72H40N6S. The van der Waals surface area contributed by atoms with Crippen LogP contribution in [0.25, 0.3) is 152 Å². The first-order valence-electron chi connectivity index (χ1n) is 26.6. The maximum atomic E-state index is 12.7. The number of aromatic nitrogens is 4. The molecule has 0 aliphatic heterocycles. The summed E-state index contributed by atoms with van der Waals surface area (Å²) in [6.45, 7) is 0. The molecule has 12 aromatic carbocycles. The lowest BCUT2D eigenvalue weighted by atomic mass is 9.94. The lowest BCUT2D eigenvalue weighted by Gasteiger charge is -2.27.